The first kappa shape index (κ1) is 26.5. The highest BCUT2D eigenvalue weighted by molar-refractivity contribution is 7.99. The Morgan fingerprint density at radius 1 is 1.16 bits per heavy atom. The Labute approximate surface area is 221 Å². The molecule has 0 saturated heterocycles. The molecule has 4 rings (SSSR count). The van der Waals surface area contributed by atoms with Crippen LogP contribution < -0.4 is 20.3 Å². The number of nitrogens with zero attached hydrogens (tertiary/aromatic N) is 1. The molecule has 0 spiro atoms. The number of aromatic nitrogens is 1. The van der Waals surface area contributed by atoms with Crippen LogP contribution in [0.1, 0.15) is 48.2 Å². The molecule has 2 N–H and O–H groups in total. The smallest absolute Gasteiger partial charge is 0.264 e. The maximum absolute atomic E-state index is 14.9. The van der Waals surface area contributed by atoms with Gasteiger partial charge in [0.15, 0.2) is 0 Å². The molecule has 37 heavy (non-hydrogen) atoms. The number of aryl methyl sites for hydroxylation is 1. The molecule has 6 nitrogen and oxygen atoms in total. The number of pyridine rings is 1. The lowest BCUT2D eigenvalue weighted by atomic mass is 9.93. The minimum Gasteiger partial charge on any atom is -0.495 e. The summed E-state index contributed by atoms with van der Waals surface area (Å²) in [5.41, 5.74) is 5.80. The highest BCUT2D eigenvalue weighted by atomic mass is 32.2. The molecule has 0 atom stereocenters. The lowest BCUT2D eigenvalue weighted by Crippen LogP contribution is -2.28. The number of hydrogen-bond acceptors (Lipinski definition) is 6. The first-order valence-corrected chi connectivity index (χ1v) is 13.4. The third-order valence-corrected chi connectivity index (χ3v) is 7.17. The van der Waals surface area contributed by atoms with Gasteiger partial charge in [-0.2, -0.15) is 0 Å². The number of anilines is 2. The second-order valence-corrected chi connectivity index (χ2v) is 9.96. The maximum atomic E-state index is 14.9. The van der Waals surface area contributed by atoms with Gasteiger partial charge in [0.1, 0.15) is 23.4 Å². The number of rotatable bonds is 9. The van der Waals surface area contributed by atoms with Gasteiger partial charge in [0.05, 0.1) is 18.5 Å². The quantitative estimate of drug-likeness (QED) is 0.187. The van der Waals surface area contributed by atoms with Crippen molar-refractivity contribution in [2.45, 2.75) is 46.6 Å². The second kappa shape index (κ2) is 10.8. The van der Waals surface area contributed by atoms with E-state index < -0.39 is 5.82 Å². The summed E-state index contributed by atoms with van der Waals surface area (Å²) in [6, 6.07) is 10.8. The number of nitrogens with one attached hydrogen (secondary N) is 2. The molecule has 1 saturated carbocycles. The van der Waals surface area contributed by atoms with Crippen molar-refractivity contribution in [2.24, 2.45) is 0 Å². The number of benzene rings is 2. The van der Waals surface area contributed by atoms with Crippen molar-refractivity contribution in [1.29, 1.82) is 0 Å². The molecule has 0 bridgehead atoms. The van der Waals surface area contributed by atoms with Gasteiger partial charge in [0.25, 0.3) is 5.56 Å². The zero-order valence-electron chi connectivity index (χ0n) is 22.0. The number of allylic oxidation sites excluding steroid dienone is 1. The van der Waals surface area contributed by atoms with E-state index in [0.717, 1.165) is 46.5 Å². The van der Waals surface area contributed by atoms with Crippen molar-refractivity contribution < 1.29 is 13.9 Å². The third-order valence-electron chi connectivity index (χ3n) is 6.75. The molecule has 3 aromatic rings. The molecule has 1 fully saturated rings. The molecular weight excluding hydrogens is 489 g/mol. The van der Waals surface area contributed by atoms with Crippen molar-refractivity contribution in [1.82, 2.24) is 4.57 Å². The Balaban J connectivity index is 2.07. The number of hydrogen-bond donors (Lipinski definition) is 2. The Hall–Kier alpha value is -3.52. The number of ether oxygens (including phenoxy) is 1. The van der Waals surface area contributed by atoms with Gasteiger partial charge in [-0.05, 0) is 75.4 Å². The van der Waals surface area contributed by atoms with Crippen LogP contribution in [-0.4, -0.2) is 24.2 Å². The predicted octanol–water partition coefficient (Wildman–Crippen LogP) is 6.66. The van der Waals surface area contributed by atoms with Gasteiger partial charge >= 0.3 is 0 Å². The second-order valence-electron chi connectivity index (χ2n) is 9.34. The number of methoxy groups -OCH3 is 1. The first-order valence-electron chi connectivity index (χ1n) is 12.1. The van der Waals surface area contributed by atoms with E-state index in [2.05, 4.69) is 10.0 Å². The Morgan fingerprint density at radius 3 is 2.49 bits per heavy atom. The summed E-state index contributed by atoms with van der Waals surface area (Å²) in [7, 11) is 1.52. The van der Waals surface area contributed by atoms with Gasteiger partial charge in [-0.15, -0.1) is 0 Å². The van der Waals surface area contributed by atoms with Crippen LogP contribution in [0.3, 0.4) is 0 Å². The summed E-state index contributed by atoms with van der Waals surface area (Å²) in [5, 5.41) is 3.05. The molecule has 0 radical (unpaired) electrons. The lowest BCUT2D eigenvalue weighted by Gasteiger charge is -2.24. The van der Waals surface area contributed by atoms with E-state index >= 15 is 0 Å². The average Bonchev–Trinajstić information content (AvgIpc) is 3.70. The Bertz CT molecular complexity index is 1460. The molecule has 0 unspecified atom stereocenters. The minimum absolute atomic E-state index is 0.0672. The summed E-state index contributed by atoms with van der Waals surface area (Å²) in [4.78, 5) is 26.1. The largest absolute Gasteiger partial charge is 0.495 e. The molecule has 1 heterocycles. The van der Waals surface area contributed by atoms with E-state index in [1.54, 1.807) is 30.5 Å². The van der Waals surface area contributed by atoms with Gasteiger partial charge in [-0.1, -0.05) is 30.1 Å². The van der Waals surface area contributed by atoms with Crippen molar-refractivity contribution >= 4 is 35.3 Å². The molecule has 0 aliphatic heterocycles. The maximum Gasteiger partial charge on any atom is 0.264 e. The standard InChI is InChI=1S/C29H32FN3O3S/c1-16-10-13-24(22(30)14-16)31-27(17(2)15-34)26-28(36-5)25(19(4)33(29(26)35)20-11-12-20)21-8-7-9-23(18(21)3)32-37-6/h7-10,13-15,20,31-32H,11-12H2,1-6H3/b27-17+. The topological polar surface area (TPSA) is 72.4 Å². The third kappa shape index (κ3) is 5.03. The highest BCUT2D eigenvalue weighted by Gasteiger charge is 2.33. The van der Waals surface area contributed by atoms with Crippen molar-refractivity contribution in [3.05, 3.63) is 80.5 Å². The zero-order chi connectivity index (χ0) is 26.9. The summed E-state index contributed by atoms with van der Waals surface area (Å²) in [5.74, 6) is -0.128. The van der Waals surface area contributed by atoms with Crippen LogP contribution in [0.5, 0.6) is 5.75 Å². The molecule has 1 aromatic heterocycles. The van der Waals surface area contributed by atoms with Crippen molar-refractivity contribution in [3.63, 3.8) is 0 Å². The van der Waals surface area contributed by atoms with Crippen LogP contribution in [0, 0.1) is 26.6 Å². The predicted molar refractivity (Wildman–Crippen MR) is 151 cm³/mol. The van der Waals surface area contributed by atoms with Crippen LogP contribution in [-0.2, 0) is 4.79 Å². The molecule has 1 aliphatic carbocycles. The van der Waals surface area contributed by atoms with E-state index in [0.29, 0.717) is 12.0 Å². The fourth-order valence-electron chi connectivity index (χ4n) is 4.69. The van der Waals surface area contributed by atoms with E-state index in [9.17, 15) is 14.0 Å². The van der Waals surface area contributed by atoms with Crippen LogP contribution in [0.25, 0.3) is 16.8 Å². The Morgan fingerprint density at radius 2 is 1.89 bits per heavy atom. The fourth-order valence-corrected chi connectivity index (χ4v) is 5.14. The average molecular weight is 522 g/mol. The van der Waals surface area contributed by atoms with Crippen LogP contribution >= 0.6 is 11.9 Å². The number of carbonyl (C=O) groups excluding carboxylic acids is 1. The van der Waals surface area contributed by atoms with E-state index in [4.69, 9.17) is 4.74 Å². The van der Waals surface area contributed by atoms with E-state index in [-0.39, 0.29) is 34.1 Å². The van der Waals surface area contributed by atoms with Gasteiger partial charge in [0, 0.05) is 34.8 Å². The van der Waals surface area contributed by atoms with Crippen LogP contribution in [0.15, 0.2) is 46.8 Å². The van der Waals surface area contributed by atoms with Crippen LogP contribution in [0.4, 0.5) is 15.8 Å². The molecule has 0 amide bonds. The SMILES string of the molecule is COc1c(-c2cccc(NSC)c2C)c(C)n(C2CC2)c(=O)c1/C(Nc1ccc(C)cc1F)=C(/C)C=O. The zero-order valence-corrected chi connectivity index (χ0v) is 22.8. The minimum atomic E-state index is -0.475. The fraction of sp³-hybridized carbons (Fsp3) is 0.310. The van der Waals surface area contributed by atoms with Crippen molar-refractivity contribution in [2.75, 3.05) is 23.4 Å². The number of halogens is 1. The van der Waals surface area contributed by atoms with Gasteiger partial charge in [0.2, 0.25) is 0 Å². The van der Waals surface area contributed by atoms with Crippen LogP contribution in [0.2, 0.25) is 0 Å². The first-order chi connectivity index (χ1) is 17.7. The van der Waals surface area contributed by atoms with Crippen molar-refractivity contribution in [3.8, 4) is 16.9 Å². The van der Waals surface area contributed by atoms with E-state index in [1.165, 1.54) is 25.1 Å². The summed E-state index contributed by atoms with van der Waals surface area (Å²) >= 11 is 1.50. The molecule has 8 heteroatoms. The molecule has 2 aromatic carbocycles. The molecule has 194 valence electrons. The number of carbonyl (C=O) groups is 1. The highest BCUT2D eigenvalue weighted by Crippen LogP contribution is 2.44. The normalized spacial score (nSPS) is 13.7. The Kier molecular flexibility index (Phi) is 7.78. The van der Waals surface area contributed by atoms with E-state index in [1.807, 2.05) is 38.3 Å². The van der Waals surface area contributed by atoms with Gasteiger partial charge in [-0.3, -0.25) is 9.59 Å². The summed E-state index contributed by atoms with van der Waals surface area (Å²) in [6.07, 6.45) is 4.41. The molecular formula is C29H32FN3O3S. The lowest BCUT2D eigenvalue weighted by molar-refractivity contribution is -0.104. The summed E-state index contributed by atoms with van der Waals surface area (Å²) < 4.78 is 25.9. The number of aldehydes is 1. The van der Waals surface area contributed by atoms with Gasteiger partial charge < -0.3 is 19.3 Å². The summed E-state index contributed by atoms with van der Waals surface area (Å²) in [6.45, 7) is 7.35. The monoisotopic (exact) mass is 521 g/mol. The molecule has 1 aliphatic rings. The van der Waals surface area contributed by atoms with Gasteiger partial charge in [-0.25, -0.2) is 4.39 Å².